The van der Waals surface area contributed by atoms with Crippen LogP contribution in [0.5, 0.6) is 5.75 Å². The van der Waals surface area contributed by atoms with Crippen molar-refractivity contribution in [3.63, 3.8) is 0 Å². The van der Waals surface area contributed by atoms with Crippen molar-refractivity contribution in [2.75, 3.05) is 13.7 Å². The fourth-order valence-electron chi connectivity index (χ4n) is 1.76. The van der Waals surface area contributed by atoms with E-state index >= 15 is 0 Å². The number of rotatable bonds is 6. The maximum absolute atomic E-state index is 11.7. The maximum atomic E-state index is 11.7. The Bertz CT molecular complexity index is 490. The molecular weight excluding hydrogens is 244 g/mol. The standard InChI is InChI=1S/C15H16O4/c1-17-15(16)12(10-14-8-5-9-18-14)11-19-13-6-3-2-4-7-13/h2-9,12H,10-11H2,1H3. The normalized spacial score (nSPS) is 11.8. The van der Waals surface area contributed by atoms with Gasteiger partial charge in [-0.2, -0.15) is 0 Å². The van der Waals surface area contributed by atoms with E-state index in [9.17, 15) is 4.79 Å². The predicted octanol–water partition coefficient (Wildman–Crippen LogP) is 2.69. The molecule has 0 fully saturated rings. The number of hydrogen-bond acceptors (Lipinski definition) is 4. The Kier molecular flexibility index (Phi) is 4.61. The Balaban J connectivity index is 1.96. The van der Waals surface area contributed by atoms with Crippen LogP contribution in [0.15, 0.2) is 53.1 Å². The van der Waals surface area contributed by atoms with Gasteiger partial charge in [-0.15, -0.1) is 0 Å². The second-order valence-electron chi connectivity index (χ2n) is 4.13. The number of ether oxygens (including phenoxy) is 2. The summed E-state index contributed by atoms with van der Waals surface area (Å²) in [5.41, 5.74) is 0. The lowest BCUT2D eigenvalue weighted by molar-refractivity contribution is -0.146. The molecule has 19 heavy (non-hydrogen) atoms. The summed E-state index contributed by atoms with van der Waals surface area (Å²) in [5, 5.41) is 0. The lowest BCUT2D eigenvalue weighted by Gasteiger charge is -2.14. The highest BCUT2D eigenvalue weighted by Gasteiger charge is 2.22. The number of para-hydroxylation sites is 1. The first kappa shape index (κ1) is 13.2. The summed E-state index contributed by atoms with van der Waals surface area (Å²) < 4.78 is 15.6. The molecule has 1 aromatic heterocycles. The summed E-state index contributed by atoms with van der Waals surface area (Å²) in [6.07, 6.45) is 2.05. The quantitative estimate of drug-likeness (QED) is 0.749. The number of hydrogen-bond donors (Lipinski definition) is 0. The van der Waals surface area contributed by atoms with Gasteiger partial charge < -0.3 is 13.9 Å². The Morgan fingerprint density at radius 3 is 2.63 bits per heavy atom. The Labute approximate surface area is 111 Å². The highest BCUT2D eigenvalue weighted by atomic mass is 16.5. The third-order valence-corrected chi connectivity index (χ3v) is 2.76. The van der Waals surface area contributed by atoms with Gasteiger partial charge in [-0.3, -0.25) is 4.79 Å². The van der Waals surface area contributed by atoms with Crippen molar-refractivity contribution in [3.05, 3.63) is 54.5 Å². The average Bonchev–Trinajstić information content (AvgIpc) is 2.96. The molecule has 1 atom stereocenters. The first-order valence-corrected chi connectivity index (χ1v) is 6.07. The molecule has 0 radical (unpaired) electrons. The molecule has 0 saturated heterocycles. The number of methoxy groups -OCH3 is 1. The zero-order valence-electron chi connectivity index (χ0n) is 10.7. The number of carbonyl (C=O) groups excluding carboxylic acids is 1. The van der Waals surface area contributed by atoms with Crippen LogP contribution in [0.1, 0.15) is 5.76 Å². The van der Waals surface area contributed by atoms with Crippen molar-refractivity contribution in [3.8, 4) is 5.75 Å². The van der Waals surface area contributed by atoms with Gasteiger partial charge in [0.1, 0.15) is 18.1 Å². The molecule has 0 spiro atoms. The maximum Gasteiger partial charge on any atom is 0.312 e. The molecule has 1 unspecified atom stereocenters. The molecule has 100 valence electrons. The van der Waals surface area contributed by atoms with E-state index in [1.165, 1.54) is 7.11 Å². The molecule has 2 aromatic rings. The Morgan fingerprint density at radius 1 is 1.21 bits per heavy atom. The van der Waals surface area contributed by atoms with Gasteiger partial charge in [0.25, 0.3) is 0 Å². The van der Waals surface area contributed by atoms with Crippen LogP contribution in [0.3, 0.4) is 0 Å². The van der Waals surface area contributed by atoms with Gasteiger partial charge in [0.2, 0.25) is 0 Å². The third kappa shape index (κ3) is 3.88. The van der Waals surface area contributed by atoms with Gasteiger partial charge in [-0.05, 0) is 24.3 Å². The van der Waals surface area contributed by atoms with Gasteiger partial charge in [0.05, 0.1) is 19.3 Å². The van der Waals surface area contributed by atoms with Crippen LogP contribution in [0.4, 0.5) is 0 Å². The molecule has 1 heterocycles. The van der Waals surface area contributed by atoms with Crippen LogP contribution in [0.2, 0.25) is 0 Å². The zero-order chi connectivity index (χ0) is 13.5. The number of esters is 1. The van der Waals surface area contributed by atoms with Gasteiger partial charge >= 0.3 is 5.97 Å². The largest absolute Gasteiger partial charge is 0.493 e. The average molecular weight is 260 g/mol. The Hall–Kier alpha value is -2.23. The lowest BCUT2D eigenvalue weighted by Crippen LogP contribution is -2.25. The van der Waals surface area contributed by atoms with Crippen LogP contribution >= 0.6 is 0 Å². The summed E-state index contributed by atoms with van der Waals surface area (Å²) in [5.74, 6) is 0.798. The number of carbonyl (C=O) groups is 1. The SMILES string of the molecule is COC(=O)C(COc1ccccc1)Cc1ccco1. The van der Waals surface area contributed by atoms with Crippen molar-refractivity contribution in [1.29, 1.82) is 0 Å². The molecule has 0 aliphatic carbocycles. The van der Waals surface area contributed by atoms with E-state index in [1.807, 2.05) is 36.4 Å². The first-order valence-electron chi connectivity index (χ1n) is 6.07. The first-order chi connectivity index (χ1) is 9.29. The summed E-state index contributed by atoms with van der Waals surface area (Å²) in [6, 6.07) is 13.0. The molecular formula is C15H16O4. The minimum Gasteiger partial charge on any atom is -0.493 e. The van der Waals surface area contributed by atoms with E-state index in [2.05, 4.69) is 0 Å². The smallest absolute Gasteiger partial charge is 0.312 e. The molecule has 0 bridgehead atoms. The van der Waals surface area contributed by atoms with Crippen LogP contribution in [0.25, 0.3) is 0 Å². The van der Waals surface area contributed by atoms with Crippen molar-refractivity contribution < 1.29 is 18.7 Å². The number of furan rings is 1. The van der Waals surface area contributed by atoms with Crippen molar-refractivity contribution >= 4 is 5.97 Å². The van der Waals surface area contributed by atoms with E-state index in [4.69, 9.17) is 13.9 Å². The van der Waals surface area contributed by atoms with Crippen molar-refractivity contribution in [2.45, 2.75) is 6.42 Å². The zero-order valence-corrected chi connectivity index (χ0v) is 10.7. The second kappa shape index (κ2) is 6.64. The fraction of sp³-hybridized carbons (Fsp3) is 0.267. The molecule has 0 aliphatic rings. The lowest BCUT2D eigenvalue weighted by atomic mass is 10.1. The van der Waals surface area contributed by atoms with E-state index in [0.29, 0.717) is 6.42 Å². The summed E-state index contributed by atoms with van der Waals surface area (Å²) in [6.45, 7) is 0.261. The van der Waals surface area contributed by atoms with Gasteiger partial charge in [0, 0.05) is 6.42 Å². The Morgan fingerprint density at radius 2 is 2.00 bits per heavy atom. The molecule has 0 N–H and O–H groups in total. The molecule has 4 nitrogen and oxygen atoms in total. The van der Waals surface area contributed by atoms with Crippen LogP contribution < -0.4 is 4.74 Å². The predicted molar refractivity (Wildman–Crippen MR) is 69.9 cm³/mol. The highest BCUT2D eigenvalue weighted by molar-refractivity contribution is 5.72. The van der Waals surface area contributed by atoms with Crippen LogP contribution in [-0.4, -0.2) is 19.7 Å². The van der Waals surface area contributed by atoms with E-state index < -0.39 is 0 Å². The molecule has 2 rings (SSSR count). The van der Waals surface area contributed by atoms with Gasteiger partial charge in [0.15, 0.2) is 0 Å². The second-order valence-corrected chi connectivity index (χ2v) is 4.13. The monoisotopic (exact) mass is 260 g/mol. The highest BCUT2D eigenvalue weighted by Crippen LogP contribution is 2.15. The van der Waals surface area contributed by atoms with Crippen molar-refractivity contribution in [1.82, 2.24) is 0 Å². The van der Waals surface area contributed by atoms with E-state index in [-0.39, 0.29) is 18.5 Å². The van der Waals surface area contributed by atoms with E-state index in [1.54, 1.807) is 12.3 Å². The minimum atomic E-state index is -0.378. The molecule has 1 aromatic carbocycles. The fourth-order valence-corrected chi connectivity index (χ4v) is 1.76. The summed E-state index contributed by atoms with van der Waals surface area (Å²) >= 11 is 0. The summed E-state index contributed by atoms with van der Waals surface area (Å²) in [4.78, 5) is 11.7. The van der Waals surface area contributed by atoms with E-state index in [0.717, 1.165) is 11.5 Å². The van der Waals surface area contributed by atoms with Crippen LogP contribution in [-0.2, 0) is 16.0 Å². The number of benzene rings is 1. The molecule has 0 aliphatic heterocycles. The van der Waals surface area contributed by atoms with Crippen molar-refractivity contribution in [2.24, 2.45) is 5.92 Å². The third-order valence-electron chi connectivity index (χ3n) is 2.76. The summed E-state index contributed by atoms with van der Waals surface area (Å²) in [7, 11) is 1.37. The topological polar surface area (TPSA) is 48.7 Å². The van der Waals surface area contributed by atoms with Gasteiger partial charge in [-0.1, -0.05) is 18.2 Å². The minimum absolute atomic E-state index is 0.261. The molecule has 4 heteroatoms. The van der Waals surface area contributed by atoms with Gasteiger partial charge in [-0.25, -0.2) is 0 Å². The molecule has 0 amide bonds. The molecule has 0 saturated carbocycles. The van der Waals surface area contributed by atoms with Crippen LogP contribution in [0, 0.1) is 5.92 Å².